The predicted molar refractivity (Wildman–Crippen MR) is 65.3 cm³/mol. The minimum absolute atomic E-state index is 0.261. The van der Waals surface area contributed by atoms with Crippen molar-refractivity contribution < 1.29 is 4.79 Å². The molecule has 16 heavy (non-hydrogen) atoms. The second-order valence-corrected chi connectivity index (χ2v) is 4.19. The Morgan fingerprint density at radius 2 is 2.19 bits per heavy atom. The van der Waals surface area contributed by atoms with Crippen LogP contribution in [0.15, 0.2) is 30.3 Å². The van der Waals surface area contributed by atoms with Crippen LogP contribution in [0, 0.1) is 0 Å². The Bertz CT molecular complexity index is 350. The van der Waals surface area contributed by atoms with Crippen LogP contribution < -0.4 is 5.32 Å². The minimum Gasteiger partial charge on any atom is -0.380 e. The lowest BCUT2D eigenvalue weighted by molar-refractivity contribution is -0.129. The molecule has 1 aliphatic heterocycles. The number of amides is 1. The Hall–Kier alpha value is -1.51. The van der Waals surface area contributed by atoms with E-state index >= 15 is 0 Å². The smallest absolute Gasteiger partial charge is 0.222 e. The number of nitrogens with one attached hydrogen (secondary N) is 1. The highest BCUT2D eigenvalue weighted by Crippen LogP contribution is 2.16. The number of anilines is 1. The summed E-state index contributed by atoms with van der Waals surface area (Å²) in [5.41, 5.74) is 1.14. The van der Waals surface area contributed by atoms with Crippen molar-refractivity contribution in [2.24, 2.45) is 0 Å². The van der Waals surface area contributed by atoms with Crippen LogP contribution in [-0.4, -0.2) is 29.9 Å². The highest BCUT2D eigenvalue weighted by molar-refractivity contribution is 5.76. The number of carbonyl (C=O) groups excluding carboxylic acids is 1. The van der Waals surface area contributed by atoms with Gasteiger partial charge in [-0.3, -0.25) is 4.79 Å². The third-order valence-electron chi connectivity index (χ3n) is 2.99. The van der Waals surface area contributed by atoms with Crippen LogP contribution in [0.3, 0.4) is 0 Å². The number of nitrogens with zero attached hydrogens (tertiary/aromatic N) is 1. The van der Waals surface area contributed by atoms with Crippen molar-refractivity contribution in [3.63, 3.8) is 0 Å². The van der Waals surface area contributed by atoms with E-state index in [4.69, 9.17) is 0 Å². The quantitative estimate of drug-likeness (QED) is 0.842. The average Bonchev–Trinajstić information content (AvgIpc) is 2.78. The number of likely N-dealkylation sites (tertiary alicyclic amines) is 1. The van der Waals surface area contributed by atoms with Crippen LogP contribution in [0.4, 0.5) is 5.69 Å². The Kier molecular flexibility index (Phi) is 3.44. The zero-order valence-electron chi connectivity index (χ0n) is 9.65. The normalized spacial score (nSPS) is 19.8. The predicted octanol–water partition coefficient (Wildman–Crippen LogP) is 2.11. The molecular weight excluding hydrogens is 200 g/mol. The third kappa shape index (κ3) is 2.54. The van der Waals surface area contributed by atoms with E-state index in [1.54, 1.807) is 0 Å². The molecule has 1 amide bonds. The number of carbonyl (C=O) groups is 1. The average molecular weight is 218 g/mol. The molecule has 0 saturated carbocycles. The summed E-state index contributed by atoms with van der Waals surface area (Å²) in [5.74, 6) is 0.261. The van der Waals surface area contributed by atoms with Gasteiger partial charge in [0.2, 0.25) is 5.91 Å². The van der Waals surface area contributed by atoms with E-state index in [9.17, 15) is 4.79 Å². The maximum Gasteiger partial charge on any atom is 0.222 e. The van der Waals surface area contributed by atoms with E-state index in [0.717, 1.165) is 25.2 Å². The van der Waals surface area contributed by atoms with Crippen molar-refractivity contribution in [3.05, 3.63) is 30.3 Å². The standard InChI is InChI=1S/C13H18N2O/c1-2-13(16)15-9-8-12(10-15)14-11-6-4-3-5-7-11/h3-7,12,14H,2,8-10H2,1H3. The van der Waals surface area contributed by atoms with Crippen molar-refractivity contribution in [3.8, 4) is 0 Å². The molecule has 1 atom stereocenters. The number of para-hydroxylation sites is 1. The zero-order valence-corrected chi connectivity index (χ0v) is 9.65. The second kappa shape index (κ2) is 5.01. The molecule has 0 aliphatic carbocycles. The summed E-state index contributed by atoms with van der Waals surface area (Å²) in [5, 5.41) is 3.46. The Morgan fingerprint density at radius 3 is 2.88 bits per heavy atom. The molecule has 1 saturated heterocycles. The molecule has 86 valence electrons. The Morgan fingerprint density at radius 1 is 1.44 bits per heavy atom. The molecule has 1 fully saturated rings. The lowest BCUT2D eigenvalue weighted by Crippen LogP contribution is -2.30. The molecular formula is C13H18N2O. The SMILES string of the molecule is CCC(=O)N1CCC(Nc2ccccc2)C1. The fourth-order valence-corrected chi connectivity index (χ4v) is 2.10. The summed E-state index contributed by atoms with van der Waals surface area (Å²) in [4.78, 5) is 13.5. The van der Waals surface area contributed by atoms with Gasteiger partial charge in [0.15, 0.2) is 0 Å². The van der Waals surface area contributed by atoms with Gasteiger partial charge >= 0.3 is 0 Å². The number of hydrogen-bond acceptors (Lipinski definition) is 2. The third-order valence-corrected chi connectivity index (χ3v) is 2.99. The summed E-state index contributed by atoms with van der Waals surface area (Å²) in [6.07, 6.45) is 1.65. The number of rotatable bonds is 3. The summed E-state index contributed by atoms with van der Waals surface area (Å²) in [6, 6.07) is 10.6. The molecule has 2 rings (SSSR count). The fourth-order valence-electron chi connectivity index (χ4n) is 2.10. The lowest BCUT2D eigenvalue weighted by Gasteiger charge is -2.16. The van der Waals surface area contributed by atoms with E-state index in [2.05, 4.69) is 17.4 Å². The van der Waals surface area contributed by atoms with E-state index in [1.165, 1.54) is 0 Å². The second-order valence-electron chi connectivity index (χ2n) is 4.19. The molecule has 0 bridgehead atoms. The molecule has 3 heteroatoms. The van der Waals surface area contributed by atoms with Crippen LogP contribution in [0.1, 0.15) is 19.8 Å². The van der Waals surface area contributed by atoms with Crippen molar-refractivity contribution in [1.29, 1.82) is 0 Å². The number of benzene rings is 1. The van der Waals surface area contributed by atoms with Crippen LogP contribution in [0.5, 0.6) is 0 Å². The fraction of sp³-hybridized carbons (Fsp3) is 0.462. The van der Waals surface area contributed by atoms with E-state index in [0.29, 0.717) is 12.5 Å². The van der Waals surface area contributed by atoms with E-state index < -0.39 is 0 Å². The molecule has 1 aromatic carbocycles. The van der Waals surface area contributed by atoms with Gasteiger partial charge in [0, 0.05) is 31.2 Å². The van der Waals surface area contributed by atoms with Gasteiger partial charge in [-0.15, -0.1) is 0 Å². The molecule has 1 N–H and O–H groups in total. The largest absolute Gasteiger partial charge is 0.380 e. The van der Waals surface area contributed by atoms with Crippen molar-refractivity contribution in [2.75, 3.05) is 18.4 Å². The van der Waals surface area contributed by atoms with Gasteiger partial charge in [-0.25, -0.2) is 0 Å². The first kappa shape index (κ1) is 11.0. The highest BCUT2D eigenvalue weighted by Gasteiger charge is 2.24. The van der Waals surface area contributed by atoms with Gasteiger partial charge in [-0.1, -0.05) is 25.1 Å². The Balaban J connectivity index is 1.88. The van der Waals surface area contributed by atoms with Gasteiger partial charge in [0.1, 0.15) is 0 Å². The summed E-state index contributed by atoms with van der Waals surface area (Å²) in [6.45, 7) is 3.64. The van der Waals surface area contributed by atoms with E-state index in [1.807, 2.05) is 30.0 Å². The van der Waals surface area contributed by atoms with Gasteiger partial charge in [0.05, 0.1) is 0 Å². The van der Waals surface area contributed by atoms with Crippen molar-refractivity contribution in [1.82, 2.24) is 4.90 Å². The summed E-state index contributed by atoms with van der Waals surface area (Å²) >= 11 is 0. The van der Waals surface area contributed by atoms with Crippen LogP contribution in [0.2, 0.25) is 0 Å². The number of hydrogen-bond donors (Lipinski definition) is 1. The first-order valence-electron chi connectivity index (χ1n) is 5.89. The highest BCUT2D eigenvalue weighted by atomic mass is 16.2. The summed E-state index contributed by atoms with van der Waals surface area (Å²) < 4.78 is 0. The molecule has 0 radical (unpaired) electrons. The maximum absolute atomic E-state index is 11.5. The van der Waals surface area contributed by atoms with Crippen molar-refractivity contribution in [2.45, 2.75) is 25.8 Å². The van der Waals surface area contributed by atoms with Crippen LogP contribution in [-0.2, 0) is 4.79 Å². The Labute approximate surface area is 96.5 Å². The van der Waals surface area contributed by atoms with E-state index in [-0.39, 0.29) is 5.91 Å². The van der Waals surface area contributed by atoms with Crippen molar-refractivity contribution >= 4 is 11.6 Å². The van der Waals surface area contributed by atoms with Gasteiger partial charge in [-0.2, -0.15) is 0 Å². The summed E-state index contributed by atoms with van der Waals surface area (Å²) in [7, 11) is 0. The minimum atomic E-state index is 0.261. The first-order valence-corrected chi connectivity index (χ1v) is 5.89. The molecule has 1 heterocycles. The molecule has 0 aromatic heterocycles. The zero-order chi connectivity index (χ0) is 11.4. The maximum atomic E-state index is 11.5. The molecule has 1 aromatic rings. The van der Waals surface area contributed by atoms with Crippen LogP contribution in [0.25, 0.3) is 0 Å². The van der Waals surface area contributed by atoms with Gasteiger partial charge in [-0.05, 0) is 18.6 Å². The topological polar surface area (TPSA) is 32.3 Å². The molecule has 1 aliphatic rings. The monoisotopic (exact) mass is 218 g/mol. The molecule has 0 spiro atoms. The molecule has 3 nitrogen and oxygen atoms in total. The van der Waals surface area contributed by atoms with Gasteiger partial charge < -0.3 is 10.2 Å². The lowest BCUT2D eigenvalue weighted by atomic mass is 10.2. The first-order chi connectivity index (χ1) is 7.79. The van der Waals surface area contributed by atoms with Gasteiger partial charge in [0.25, 0.3) is 0 Å². The van der Waals surface area contributed by atoms with Crippen LogP contribution >= 0.6 is 0 Å². The molecule has 1 unspecified atom stereocenters.